The molecule has 0 spiro atoms. The number of aryl methyl sites for hydroxylation is 2. The van der Waals surface area contributed by atoms with Crippen molar-refractivity contribution in [3.8, 4) is 12.3 Å². The minimum atomic E-state index is -3.74. The summed E-state index contributed by atoms with van der Waals surface area (Å²) in [5, 5.41) is 0. The van der Waals surface area contributed by atoms with E-state index < -0.39 is 15.9 Å². The van der Waals surface area contributed by atoms with Gasteiger partial charge in [0.15, 0.2) is 4.80 Å². The highest BCUT2D eigenvalue weighted by Crippen LogP contribution is 2.23. The largest absolute Gasteiger partial charge is 0.305 e. The highest BCUT2D eigenvalue weighted by Gasteiger charge is 2.22. The molecule has 0 aliphatic rings. The van der Waals surface area contributed by atoms with Gasteiger partial charge in [-0.2, -0.15) is 9.30 Å². The van der Waals surface area contributed by atoms with Crippen LogP contribution in [0.5, 0.6) is 0 Å². The van der Waals surface area contributed by atoms with Gasteiger partial charge >= 0.3 is 0 Å². The Morgan fingerprint density at radius 2 is 1.82 bits per heavy atom. The van der Waals surface area contributed by atoms with Crippen LogP contribution in [-0.2, 0) is 16.6 Å². The summed E-state index contributed by atoms with van der Waals surface area (Å²) in [5.41, 5.74) is 3.41. The lowest BCUT2D eigenvalue weighted by molar-refractivity contribution is 0.0998. The van der Waals surface area contributed by atoms with Gasteiger partial charge < -0.3 is 4.57 Å². The van der Waals surface area contributed by atoms with Gasteiger partial charge in [0, 0.05) is 18.7 Å². The molecule has 33 heavy (non-hydrogen) atoms. The number of hydrogen-bond acceptors (Lipinski definition) is 4. The molecular weight excluding hydrogens is 454 g/mol. The summed E-state index contributed by atoms with van der Waals surface area (Å²) < 4.78 is 29.8. The van der Waals surface area contributed by atoms with Gasteiger partial charge in [0.25, 0.3) is 5.91 Å². The van der Waals surface area contributed by atoms with Gasteiger partial charge in [-0.05, 0) is 55.3 Å². The van der Waals surface area contributed by atoms with Crippen LogP contribution in [0, 0.1) is 26.2 Å². The molecule has 1 heterocycles. The molecule has 6 nitrogen and oxygen atoms in total. The maximum Gasteiger partial charge on any atom is 0.279 e. The molecule has 0 unspecified atom stereocenters. The van der Waals surface area contributed by atoms with Gasteiger partial charge in [-0.15, -0.1) is 19.6 Å². The smallest absolute Gasteiger partial charge is 0.279 e. The fourth-order valence-corrected chi connectivity index (χ4v) is 5.93. The number of hydrogen-bond donors (Lipinski definition) is 0. The number of sulfonamides is 1. The molecule has 0 atom stereocenters. The molecule has 170 valence electrons. The van der Waals surface area contributed by atoms with Gasteiger partial charge in [0.1, 0.15) is 0 Å². The van der Waals surface area contributed by atoms with Gasteiger partial charge in [0.05, 0.1) is 21.7 Å². The number of aromatic nitrogens is 1. The Morgan fingerprint density at radius 3 is 2.39 bits per heavy atom. The first-order chi connectivity index (χ1) is 15.7. The maximum atomic E-state index is 12.9. The molecule has 3 rings (SSSR count). The van der Waals surface area contributed by atoms with Crippen molar-refractivity contribution in [1.29, 1.82) is 0 Å². The van der Waals surface area contributed by atoms with E-state index in [1.165, 1.54) is 52.1 Å². The lowest BCUT2D eigenvalue weighted by Crippen LogP contribution is -2.31. The summed E-state index contributed by atoms with van der Waals surface area (Å²) in [6, 6.07) is 9.85. The van der Waals surface area contributed by atoms with Crippen molar-refractivity contribution < 1.29 is 13.2 Å². The van der Waals surface area contributed by atoms with Crippen LogP contribution in [0.15, 0.2) is 71.6 Å². The first-order valence-corrected chi connectivity index (χ1v) is 12.4. The number of amides is 1. The average molecular weight is 480 g/mol. The molecule has 0 aliphatic heterocycles. The zero-order valence-corrected chi connectivity index (χ0v) is 20.2. The number of fused-ring (bicyclic) bond motifs is 1. The Morgan fingerprint density at radius 1 is 1.18 bits per heavy atom. The Labute approximate surface area is 198 Å². The Balaban J connectivity index is 2.00. The van der Waals surface area contributed by atoms with Gasteiger partial charge in [-0.25, -0.2) is 8.42 Å². The van der Waals surface area contributed by atoms with Crippen molar-refractivity contribution in [2.45, 2.75) is 25.3 Å². The lowest BCUT2D eigenvalue weighted by atomic mass is 10.1. The Bertz CT molecular complexity index is 1430. The molecule has 0 aliphatic carbocycles. The Hall–Kier alpha value is -3.25. The molecule has 3 aromatic rings. The highest BCUT2D eigenvalue weighted by atomic mass is 32.2. The van der Waals surface area contributed by atoms with E-state index in [4.69, 9.17) is 6.42 Å². The topological polar surface area (TPSA) is 71.7 Å². The number of benzene rings is 2. The van der Waals surface area contributed by atoms with Crippen molar-refractivity contribution in [3.63, 3.8) is 0 Å². The van der Waals surface area contributed by atoms with Crippen molar-refractivity contribution >= 4 is 37.5 Å². The first kappa shape index (κ1) is 24.4. The van der Waals surface area contributed by atoms with Gasteiger partial charge in [-0.3, -0.25) is 4.79 Å². The predicted molar refractivity (Wildman–Crippen MR) is 134 cm³/mol. The van der Waals surface area contributed by atoms with Crippen molar-refractivity contribution in [3.05, 3.63) is 83.2 Å². The van der Waals surface area contributed by atoms with Crippen molar-refractivity contribution in [2.75, 3.05) is 13.1 Å². The van der Waals surface area contributed by atoms with E-state index in [0.29, 0.717) is 4.80 Å². The van der Waals surface area contributed by atoms with E-state index in [0.717, 1.165) is 21.3 Å². The van der Waals surface area contributed by atoms with Crippen LogP contribution >= 0.6 is 11.3 Å². The normalized spacial score (nSPS) is 12.1. The maximum absolute atomic E-state index is 12.9. The third-order valence-electron chi connectivity index (χ3n) is 4.97. The van der Waals surface area contributed by atoms with E-state index >= 15 is 0 Å². The lowest BCUT2D eigenvalue weighted by Gasteiger charge is -2.19. The molecule has 1 amide bonds. The zero-order valence-electron chi connectivity index (χ0n) is 18.6. The molecule has 0 saturated heterocycles. The van der Waals surface area contributed by atoms with Crippen LogP contribution in [0.2, 0.25) is 0 Å². The number of thiazole rings is 1. The number of terminal acetylenes is 1. The number of carbonyl (C=O) groups is 1. The SMILES string of the molecule is C#CCn1c(=NC(=O)c2ccc(S(=O)(=O)N(CC=C)CC=C)cc2)sc2c(C)cc(C)cc21. The van der Waals surface area contributed by atoms with Crippen LogP contribution in [0.4, 0.5) is 0 Å². The molecule has 0 bridgehead atoms. The monoisotopic (exact) mass is 479 g/mol. The Kier molecular flexibility index (Phi) is 7.49. The third kappa shape index (κ3) is 5.06. The third-order valence-corrected chi connectivity index (χ3v) is 8.04. The number of carbonyl (C=O) groups excluding carboxylic acids is 1. The van der Waals surface area contributed by atoms with E-state index in [1.807, 2.05) is 24.5 Å². The summed E-state index contributed by atoms with van der Waals surface area (Å²) in [5.74, 6) is 2.15. The second-order valence-corrected chi connectivity index (χ2v) is 10.4. The van der Waals surface area contributed by atoms with E-state index in [1.54, 1.807) is 0 Å². The van der Waals surface area contributed by atoms with E-state index in [2.05, 4.69) is 30.1 Å². The fourth-order valence-electron chi connectivity index (χ4n) is 3.47. The molecule has 0 saturated carbocycles. The minimum absolute atomic E-state index is 0.0816. The number of nitrogens with zero attached hydrogens (tertiary/aromatic N) is 3. The predicted octanol–water partition coefficient (Wildman–Crippen LogP) is 4.06. The molecule has 2 aromatic carbocycles. The van der Waals surface area contributed by atoms with Crippen molar-refractivity contribution in [1.82, 2.24) is 8.87 Å². The van der Waals surface area contributed by atoms with E-state index in [9.17, 15) is 13.2 Å². The van der Waals surface area contributed by atoms with Gasteiger partial charge in [-0.1, -0.05) is 35.5 Å². The average Bonchev–Trinajstić information content (AvgIpc) is 3.11. The second kappa shape index (κ2) is 10.1. The van der Waals surface area contributed by atoms with Crippen LogP contribution in [0.25, 0.3) is 10.2 Å². The second-order valence-electron chi connectivity index (χ2n) is 7.45. The minimum Gasteiger partial charge on any atom is -0.305 e. The van der Waals surface area contributed by atoms with Crippen LogP contribution in [0.1, 0.15) is 21.5 Å². The molecule has 1 aromatic heterocycles. The molecule has 0 N–H and O–H groups in total. The van der Waals surface area contributed by atoms with Crippen LogP contribution < -0.4 is 4.80 Å². The zero-order chi connectivity index (χ0) is 24.2. The summed E-state index contributed by atoms with van der Waals surface area (Å²) in [6.45, 7) is 11.8. The van der Waals surface area contributed by atoms with Gasteiger partial charge in [0.2, 0.25) is 10.0 Å². The van der Waals surface area contributed by atoms with Crippen LogP contribution in [0.3, 0.4) is 0 Å². The summed E-state index contributed by atoms with van der Waals surface area (Å²) in [4.78, 5) is 17.8. The molecule has 8 heteroatoms. The molecule has 0 radical (unpaired) electrons. The number of rotatable bonds is 8. The highest BCUT2D eigenvalue weighted by molar-refractivity contribution is 7.89. The quantitative estimate of drug-likeness (QED) is 0.361. The summed E-state index contributed by atoms with van der Waals surface area (Å²) in [7, 11) is -3.74. The summed E-state index contributed by atoms with van der Waals surface area (Å²) >= 11 is 1.40. The van der Waals surface area contributed by atoms with Crippen molar-refractivity contribution in [2.24, 2.45) is 4.99 Å². The van der Waals surface area contributed by atoms with E-state index in [-0.39, 0.29) is 30.1 Å². The molecular formula is C25H25N3O3S2. The van der Waals surface area contributed by atoms with Crippen LogP contribution in [-0.4, -0.2) is 36.3 Å². The fraction of sp³-hybridized carbons (Fsp3) is 0.200. The molecule has 0 fully saturated rings. The standard InChI is InChI=1S/C25H25N3O3S2/c1-6-13-27(14-7-2)33(30,31)21-11-9-20(10-12-21)24(29)26-25-28(15-8-3)22-17-18(4)16-19(5)23(22)32-25/h3,6-7,9-12,16-17H,1-2,13-15H2,4-5H3. The summed E-state index contributed by atoms with van der Waals surface area (Å²) in [6.07, 6.45) is 8.58. The first-order valence-electron chi connectivity index (χ1n) is 10.2.